The molecule has 7 heteroatoms. The van der Waals surface area contributed by atoms with Crippen molar-refractivity contribution in [1.29, 1.82) is 0 Å². The fraction of sp³-hybridized carbons (Fsp3) is 0.300. The van der Waals surface area contributed by atoms with E-state index in [1.165, 1.54) is 0 Å². The van der Waals surface area contributed by atoms with Crippen LogP contribution in [0, 0.1) is 0 Å². The van der Waals surface area contributed by atoms with Gasteiger partial charge >= 0.3 is 5.97 Å². The maximum atomic E-state index is 12.8. The molecule has 0 radical (unpaired) electrons. The van der Waals surface area contributed by atoms with Gasteiger partial charge in [0.1, 0.15) is 6.10 Å². The molecule has 27 heavy (non-hydrogen) atoms. The molecule has 0 aromatic heterocycles. The van der Waals surface area contributed by atoms with Gasteiger partial charge in [-0.05, 0) is 43.0 Å². The Hall–Kier alpha value is -2.67. The van der Waals surface area contributed by atoms with Gasteiger partial charge in [-0.25, -0.2) is 0 Å². The summed E-state index contributed by atoms with van der Waals surface area (Å²) in [6, 6.07) is 14.0. The molecule has 0 fully saturated rings. The Morgan fingerprint density at radius 2 is 1.74 bits per heavy atom. The lowest BCUT2D eigenvalue weighted by Crippen LogP contribution is -2.50. The predicted octanol–water partition coefficient (Wildman–Crippen LogP) is 3.27. The average Bonchev–Trinajstić information content (AvgIpc) is 2.66. The van der Waals surface area contributed by atoms with E-state index >= 15 is 0 Å². The molecular weight excluding hydrogens is 366 g/mol. The van der Waals surface area contributed by atoms with Crippen LogP contribution in [0.5, 0.6) is 11.5 Å². The number of fused-ring (bicyclic) bond motifs is 1. The average molecular weight is 387 g/mol. The van der Waals surface area contributed by atoms with Gasteiger partial charge < -0.3 is 19.9 Å². The van der Waals surface area contributed by atoms with E-state index in [1.807, 2.05) is 36.6 Å². The van der Waals surface area contributed by atoms with Crippen LogP contribution in [-0.4, -0.2) is 35.4 Å². The summed E-state index contributed by atoms with van der Waals surface area (Å²) in [5, 5.41) is 12.0. The summed E-state index contributed by atoms with van der Waals surface area (Å²) < 4.78 is 11.6. The van der Waals surface area contributed by atoms with Crippen molar-refractivity contribution in [2.75, 3.05) is 6.26 Å². The summed E-state index contributed by atoms with van der Waals surface area (Å²) in [4.78, 5) is 25.1. The second-order valence-corrected chi connectivity index (χ2v) is 7.12. The monoisotopic (exact) mass is 387 g/mol. The highest BCUT2D eigenvalue weighted by molar-refractivity contribution is 7.98. The van der Waals surface area contributed by atoms with Crippen molar-refractivity contribution in [1.82, 2.24) is 5.32 Å². The molecule has 0 saturated carbocycles. The minimum absolute atomic E-state index is 0.219. The smallest absolute Gasteiger partial charge is 0.305 e. The lowest BCUT2D eigenvalue weighted by molar-refractivity contribution is -0.138. The molecule has 0 spiro atoms. The van der Waals surface area contributed by atoms with E-state index in [-0.39, 0.29) is 6.42 Å². The molecule has 6 nitrogen and oxygen atoms in total. The molecule has 0 aliphatic carbocycles. The number of rotatable bonds is 6. The van der Waals surface area contributed by atoms with Gasteiger partial charge in [0.25, 0.3) is 5.91 Å². The van der Waals surface area contributed by atoms with E-state index in [1.54, 1.807) is 36.9 Å². The highest BCUT2D eigenvalue weighted by Crippen LogP contribution is 2.33. The number of thioether (sulfide) groups is 1. The van der Waals surface area contributed by atoms with E-state index < -0.39 is 30.1 Å². The van der Waals surface area contributed by atoms with Crippen molar-refractivity contribution >= 4 is 23.6 Å². The van der Waals surface area contributed by atoms with Gasteiger partial charge in [0.2, 0.25) is 6.10 Å². The van der Waals surface area contributed by atoms with E-state index in [9.17, 15) is 14.7 Å². The Bertz CT molecular complexity index is 823. The molecule has 0 bridgehead atoms. The van der Waals surface area contributed by atoms with Crippen LogP contribution in [0.2, 0.25) is 0 Å². The third-order valence-corrected chi connectivity index (χ3v) is 5.06. The number of nitrogens with one attached hydrogen (secondary N) is 1. The summed E-state index contributed by atoms with van der Waals surface area (Å²) in [5.74, 6) is -0.315. The molecule has 142 valence electrons. The zero-order valence-electron chi connectivity index (χ0n) is 15.0. The number of benzene rings is 2. The molecular formula is C20H21NO5S. The first kappa shape index (κ1) is 19.1. The Morgan fingerprint density at radius 3 is 2.33 bits per heavy atom. The van der Waals surface area contributed by atoms with Crippen molar-refractivity contribution in [3.63, 3.8) is 0 Å². The van der Waals surface area contributed by atoms with Gasteiger partial charge in [0, 0.05) is 4.90 Å². The van der Waals surface area contributed by atoms with Gasteiger partial charge in [-0.2, -0.15) is 0 Å². The standard InChI is InChI=1S/C20H21NO5S/c1-12-19(26-17-6-4-3-5-16(17)25-12)20(24)21-15(11-18(22)23)13-7-9-14(27-2)10-8-13/h3-10,12,15,19H,11H2,1-2H3,(H,21,24)(H,22,23). The van der Waals surface area contributed by atoms with Crippen LogP contribution in [0.15, 0.2) is 53.4 Å². The van der Waals surface area contributed by atoms with Crippen LogP contribution in [0.1, 0.15) is 24.9 Å². The molecule has 3 atom stereocenters. The molecule has 1 aliphatic rings. The molecule has 2 aromatic rings. The molecule has 1 aliphatic heterocycles. The number of hydrogen-bond acceptors (Lipinski definition) is 5. The van der Waals surface area contributed by atoms with E-state index in [4.69, 9.17) is 9.47 Å². The number of hydrogen-bond donors (Lipinski definition) is 2. The number of ether oxygens (including phenoxy) is 2. The van der Waals surface area contributed by atoms with Crippen LogP contribution in [0.4, 0.5) is 0 Å². The van der Waals surface area contributed by atoms with Crippen LogP contribution < -0.4 is 14.8 Å². The third-order valence-electron chi connectivity index (χ3n) is 4.31. The Labute approximate surface area is 161 Å². The predicted molar refractivity (Wildman–Crippen MR) is 102 cm³/mol. The quantitative estimate of drug-likeness (QED) is 0.740. The molecule has 1 amide bonds. The first-order chi connectivity index (χ1) is 13.0. The van der Waals surface area contributed by atoms with E-state index in [0.29, 0.717) is 11.5 Å². The number of carbonyl (C=O) groups excluding carboxylic acids is 1. The SMILES string of the molecule is CSc1ccc(C(CC(=O)O)NC(=O)C2Oc3ccccc3OC2C)cc1. The first-order valence-corrected chi connectivity index (χ1v) is 9.79. The molecule has 1 heterocycles. The molecule has 0 saturated heterocycles. The van der Waals surface area contributed by atoms with Gasteiger partial charge in [0.15, 0.2) is 11.5 Å². The maximum absolute atomic E-state index is 12.8. The second-order valence-electron chi connectivity index (χ2n) is 6.24. The molecule has 3 rings (SSSR count). The largest absolute Gasteiger partial charge is 0.482 e. The normalized spacial score (nSPS) is 19.2. The number of amides is 1. The number of para-hydroxylation sites is 2. The lowest BCUT2D eigenvalue weighted by atomic mass is 10.0. The minimum atomic E-state index is -0.992. The molecule has 3 unspecified atom stereocenters. The summed E-state index contributed by atoms with van der Waals surface area (Å²) >= 11 is 1.59. The van der Waals surface area contributed by atoms with Crippen LogP contribution in [0.25, 0.3) is 0 Å². The second kappa shape index (κ2) is 8.35. The van der Waals surface area contributed by atoms with Gasteiger partial charge in [-0.3, -0.25) is 9.59 Å². The minimum Gasteiger partial charge on any atom is -0.482 e. The van der Waals surface area contributed by atoms with Crippen molar-refractivity contribution in [2.24, 2.45) is 0 Å². The van der Waals surface area contributed by atoms with E-state index in [0.717, 1.165) is 10.5 Å². The highest BCUT2D eigenvalue weighted by atomic mass is 32.2. The number of aliphatic carboxylic acids is 1. The van der Waals surface area contributed by atoms with Crippen molar-refractivity contribution in [3.8, 4) is 11.5 Å². The van der Waals surface area contributed by atoms with Gasteiger partial charge in [-0.1, -0.05) is 24.3 Å². The molecule has 2 aromatic carbocycles. The molecule has 2 N–H and O–H groups in total. The van der Waals surface area contributed by atoms with Crippen LogP contribution >= 0.6 is 11.8 Å². The Kier molecular flexibility index (Phi) is 5.91. The summed E-state index contributed by atoms with van der Waals surface area (Å²) in [7, 11) is 0. The van der Waals surface area contributed by atoms with Crippen LogP contribution in [0.3, 0.4) is 0 Å². The summed E-state index contributed by atoms with van der Waals surface area (Å²) in [6.45, 7) is 1.75. The first-order valence-electron chi connectivity index (χ1n) is 8.56. The van der Waals surface area contributed by atoms with Crippen molar-refractivity contribution in [3.05, 3.63) is 54.1 Å². The Morgan fingerprint density at radius 1 is 1.11 bits per heavy atom. The zero-order chi connectivity index (χ0) is 19.4. The van der Waals surface area contributed by atoms with Gasteiger partial charge in [-0.15, -0.1) is 11.8 Å². The number of carboxylic acids is 1. The van der Waals surface area contributed by atoms with E-state index in [2.05, 4.69) is 5.32 Å². The maximum Gasteiger partial charge on any atom is 0.305 e. The summed E-state index contributed by atoms with van der Waals surface area (Å²) in [6.07, 6.45) is 0.388. The number of carbonyl (C=O) groups is 2. The van der Waals surface area contributed by atoms with Gasteiger partial charge in [0.05, 0.1) is 12.5 Å². The third kappa shape index (κ3) is 4.54. The number of carboxylic acid groups (broad SMARTS) is 1. The summed E-state index contributed by atoms with van der Waals surface area (Å²) in [5.41, 5.74) is 0.730. The fourth-order valence-corrected chi connectivity index (χ4v) is 3.33. The van der Waals surface area contributed by atoms with Crippen LogP contribution in [-0.2, 0) is 9.59 Å². The zero-order valence-corrected chi connectivity index (χ0v) is 15.9. The van der Waals surface area contributed by atoms with Crippen molar-refractivity contribution < 1.29 is 24.2 Å². The lowest BCUT2D eigenvalue weighted by Gasteiger charge is -2.32. The topological polar surface area (TPSA) is 84.9 Å². The van der Waals surface area contributed by atoms with Crippen molar-refractivity contribution in [2.45, 2.75) is 36.5 Å². The fourth-order valence-electron chi connectivity index (χ4n) is 2.92. The Balaban J connectivity index is 1.76. The highest BCUT2D eigenvalue weighted by Gasteiger charge is 2.35.